The Kier molecular flexibility index (Phi) is 15.8. The Morgan fingerprint density at radius 1 is 0.953 bits per heavy atom. The van der Waals surface area contributed by atoms with E-state index in [4.69, 9.17) is 19.6 Å². The molecule has 0 unspecified atom stereocenters. The van der Waals surface area contributed by atoms with Gasteiger partial charge in [-0.15, -0.1) is 0 Å². The fourth-order valence-electron chi connectivity index (χ4n) is 4.78. The molecular weight excluding hydrogens is 564 g/mol. The summed E-state index contributed by atoms with van der Waals surface area (Å²) in [6, 6.07) is -2.20. The number of nitrogens with zero attached hydrogens (tertiary/aromatic N) is 2. The van der Waals surface area contributed by atoms with Crippen molar-refractivity contribution in [2.45, 2.75) is 130 Å². The Bertz CT molecular complexity index is 878. The number of morpholine rings is 1. The summed E-state index contributed by atoms with van der Waals surface area (Å²) < 4.78 is 17.7. The Labute approximate surface area is 263 Å². The van der Waals surface area contributed by atoms with Gasteiger partial charge in [-0.3, -0.25) is 24.6 Å². The lowest BCUT2D eigenvalue weighted by molar-refractivity contribution is -0.158. The van der Waals surface area contributed by atoms with E-state index in [-0.39, 0.29) is 22.8 Å². The summed E-state index contributed by atoms with van der Waals surface area (Å²) in [5.41, 5.74) is 5.23. The highest BCUT2D eigenvalue weighted by Gasteiger charge is 2.39. The Morgan fingerprint density at radius 3 is 1.98 bits per heavy atom. The van der Waals surface area contributed by atoms with E-state index < -0.39 is 43.9 Å². The van der Waals surface area contributed by atoms with E-state index in [0.29, 0.717) is 52.2 Å². The second kappa shape index (κ2) is 17.2. The first kappa shape index (κ1) is 39.5. The molecule has 0 aromatic heterocycles. The fraction of sp³-hybridized carbons (Fsp3) is 0.906. The predicted octanol–water partition coefficient (Wildman–Crippen LogP) is 4.17. The molecule has 10 nitrogen and oxygen atoms in total. The smallest absolute Gasteiger partial charge is 0.323 e. The molecule has 1 aliphatic heterocycles. The van der Waals surface area contributed by atoms with Crippen molar-refractivity contribution in [2.24, 2.45) is 17.6 Å². The molecule has 0 bridgehead atoms. The summed E-state index contributed by atoms with van der Waals surface area (Å²) in [6.07, 6.45) is 1.32. The molecule has 1 saturated heterocycles. The molecular formula is C32H64N4O6Si. The maximum Gasteiger partial charge on any atom is 0.323 e. The number of carbonyl (C=O) groups excluding carboxylic acids is 3. The minimum atomic E-state index is -2.05. The number of esters is 1. The van der Waals surface area contributed by atoms with Gasteiger partial charge >= 0.3 is 5.97 Å². The number of amides is 2. The quantitative estimate of drug-likeness (QED) is 0.182. The number of rotatable bonds is 17. The maximum atomic E-state index is 14.4. The normalized spacial score (nSPS) is 17.5. The molecule has 0 saturated carbocycles. The topological polar surface area (TPSA) is 123 Å². The molecule has 0 aromatic rings. The second-order valence-corrected chi connectivity index (χ2v) is 20.2. The van der Waals surface area contributed by atoms with Gasteiger partial charge in [0.25, 0.3) is 0 Å². The average molecular weight is 629 g/mol. The molecule has 1 aliphatic rings. The number of primary amides is 1. The summed E-state index contributed by atoms with van der Waals surface area (Å²) >= 11 is 0. The zero-order chi connectivity index (χ0) is 33.2. The van der Waals surface area contributed by atoms with Gasteiger partial charge in [0, 0.05) is 32.8 Å². The van der Waals surface area contributed by atoms with Crippen LogP contribution in [0.4, 0.5) is 0 Å². The minimum absolute atomic E-state index is 0.0269. The number of ether oxygens (including phenoxy) is 2. The van der Waals surface area contributed by atoms with Crippen LogP contribution in [-0.2, 0) is 28.3 Å². The fourth-order valence-corrected chi connectivity index (χ4v) is 5.84. The van der Waals surface area contributed by atoms with Crippen molar-refractivity contribution >= 4 is 26.1 Å². The Hall–Kier alpha value is -1.53. The molecule has 0 radical (unpaired) electrons. The van der Waals surface area contributed by atoms with E-state index in [9.17, 15) is 14.4 Å². The van der Waals surface area contributed by atoms with Crippen molar-refractivity contribution in [3.8, 4) is 0 Å². The maximum absolute atomic E-state index is 14.4. The van der Waals surface area contributed by atoms with Gasteiger partial charge < -0.3 is 24.5 Å². The van der Waals surface area contributed by atoms with Crippen molar-refractivity contribution in [3.05, 3.63) is 0 Å². The number of hydrogen-bond donors (Lipinski definition) is 2. The summed E-state index contributed by atoms with van der Waals surface area (Å²) in [5, 5.41) is 3.41. The van der Waals surface area contributed by atoms with Crippen LogP contribution in [-0.4, -0.2) is 106 Å². The molecule has 0 aromatic carbocycles. The largest absolute Gasteiger partial charge is 0.459 e. The van der Waals surface area contributed by atoms with E-state index in [1.807, 2.05) is 48.5 Å². The van der Waals surface area contributed by atoms with Crippen LogP contribution in [0.25, 0.3) is 0 Å². The molecule has 11 heteroatoms. The highest BCUT2D eigenvalue weighted by atomic mass is 28.4. The summed E-state index contributed by atoms with van der Waals surface area (Å²) in [5.74, 6) is -0.831. The molecule has 0 spiro atoms. The summed E-state index contributed by atoms with van der Waals surface area (Å²) in [7, 11) is -2.05. The zero-order valence-corrected chi connectivity index (χ0v) is 30.4. The van der Waals surface area contributed by atoms with Gasteiger partial charge in [-0.1, -0.05) is 48.5 Å². The molecule has 43 heavy (non-hydrogen) atoms. The number of carbonyl (C=O) groups is 3. The first-order chi connectivity index (χ1) is 19.6. The van der Waals surface area contributed by atoms with Crippen molar-refractivity contribution in [1.29, 1.82) is 0 Å². The van der Waals surface area contributed by atoms with Gasteiger partial charge in [0.05, 0.1) is 19.3 Å². The number of nitrogens with one attached hydrogen (secondary N) is 1. The van der Waals surface area contributed by atoms with E-state index in [2.05, 4.69) is 44.1 Å². The highest BCUT2D eigenvalue weighted by molar-refractivity contribution is 6.74. The van der Waals surface area contributed by atoms with Crippen molar-refractivity contribution in [2.75, 3.05) is 46.0 Å². The molecule has 3 atom stereocenters. The molecule has 1 fully saturated rings. The van der Waals surface area contributed by atoms with E-state index in [1.165, 1.54) is 0 Å². The molecule has 0 aliphatic carbocycles. The zero-order valence-electron chi connectivity index (χ0n) is 29.4. The van der Waals surface area contributed by atoms with Gasteiger partial charge in [0.15, 0.2) is 8.32 Å². The van der Waals surface area contributed by atoms with Crippen LogP contribution in [0.3, 0.4) is 0 Å². The van der Waals surface area contributed by atoms with Crippen LogP contribution >= 0.6 is 0 Å². The van der Waals surface area contributed by atoms with Crippen LogP contribution in [0.1, 0.15) is 88.5 Å². The number of hydrogen-bond acceptors (Lipinski definition) is 8. The van der Waals surface area contributed by atoms with Crippen molar-refractivity contribution in [3.63, 3.8) is 0 Å². The predicted molar refractivity (Wildman–Crippen MR) is 175 cm³/mol. The number of nitrogens with two attached hydrogens (primary N) is 1. The Morgan fingerprint density at radius 2 is 1.51 bits per heavy atom. The first-order valence-electron chi connectivity index (χ1n) is 16.2. The molecule has 1 heterocycles. The Balaban J connectivity index is 3.36. The van der Waals surface area contributed by atoms with Crippen molar-refractivity contribution < 1.29 is 28.3 Å². The van der Waals surface area contributed by atoms with Crippen LogP contribution < -0.4 is 11.1 Å². The average Bonchev–Trinajstić information content (AvgIpc) is 2.85. The van der Waals surface area contributed by atoms with E-state index in [0.717, 1.165) is 13.1 Å². The lowest BCUT2D eigenvalue weighted by atomic mass is 9.97. The van der Waals surface area contributed by atoms with Gasteiger partial charge in [0.1, 0.15) is 17.7 Å². The molecule has 1 rings (SSSR count). The second-order valence-electron chi connectivity index (χ2n) is 15.4. The van der Waals surface area contributed by atoms with Crippen LogP contribution in [0.2, 0.25) is 18.1 Å². The van der Waals surface area contributed by atoms with Gasteiger partial charge in [-0.2, -0.15) is 0 Å². The molecule has 3 N–H and O–H groups in total. The summed E-state index contributed by atoms with van der Waals surface area (Å²) in [6.45, 7) is 28.7. The van der Waals surface area contributed by atoms with E-state index >= 15 is 0 Å². The van der Waals surface area contributed by atoms with Crippen LogP contribution in [0.15, 0.2) is 0 Å². The van der Waals surface area contributed by atoms with Gasteiger partial charge in [-0.25, -0.2) is 0 Å². The third kappa shape index (κ3) is 14.4. The minimum Gasteiger partial charge on any atom is -0.459 e. The SMILES string of the molecule is CC(C)C[C@H](N[C@H](CCO[Si](C)(C)C(C)(C)C)C(=O)OC(C)(C)C)C(=O)N(CCN1CCOCC1)[C@@H](CC(C)C)C(N)=O. The van der Waals surface area contributed by atoms with Crippen LogP contribution in [0.5, 0.6) is 0 Å². The monoisotopic (exact) mass is 628 g/mol. The first-order valence-corrected chi connectivity index (χ1v) is 19.1. The lowest BCUT2D eigenvalue weighted by Gasteiger charge is -2.38. The third-order valence-electron chi connectivity index (χ3n) is 8.22. The molecule has 252 valence electrons. The van der Waals surface area contributed by atoms with Crippen LogP contribution in [0, 0.1) is 11.8 Å². The lowest BCUT2D eigenvalue weighted by Crippen LogP contribution is -2.59. The van der Waals surface area contributed by atoms with Gasteiger partial charge in [-0.05, 0) is 70.0 Å². The van der Waals surface area contributed by atoms with Gasteiger partial charge in [0.2, 0.25) is 11.8 Å². The van der Waals surface area contributed by atoms with Crippen molar-refractivity contribution in [1.82, 2.24) is 15.1 Å². The van der Waals surface area contributed by atoms with E-state index in [1.54, 1.807) is 4.90 Å². The molecule has 2 amide bonds. The standard InChI is InChI=1S/C32H64N4O6Si/c1-23(2)21-26(34-25(30(39)42-31(5,6)7)13-18-41-43(11,12)32(8,9)10)29(38)36(27(28(33)37)22-24(3)4)15-14-35-16-19-40-20-17-35/h23-27,34H,13-22H2,1-12H3,(H2,33,37)/t25-,26+,27+/m1/s1. The summed E-state index contributed by atoms with van der Waals surface area (Å²) in [4.78, 5) is 44.6. The third-order valence-corrected chi connectivity index (χ3v) is 12.8. The highest BCUT2D eigenvalue weighted by Crippen LogP contribution is 2.36.